The molecule has 2 rings (SSSR count). The number of aromatic nitrogens is 1. The van der Waals surface area contributed by atoms with E-state index in [2.05, 4.69) is 4.98 Å². The van der Waals surface area contributed by atoms with Gasteiger partial charge in [0.2, 0.25) is 0 Å². The van der Waals surface area contributed by atoms with Gasteiger partial charge in [-0.2, -0.15) is 0 Å². The van der Waals surface area contributed by atoms with Gasteiger partial charge in [0.25, 0.3) is 5.69 Å². The first-order valence-electron chi connectivity index (χ1n) is 5.88. The van der Waals surface area contributed by atoms with Crippen LogP contribution < -0.4 is 0 Å². The molecule has 1 heterocycles. The van der Waals surface area contributed by atoms with E-state index in [1.54, 1.807) is 12.1 Å². The van der Waals surface area contributed by atoms with Crippen LogP contribution in [-0.4, -0.2) is 22.5 Å². The average Bonchev–Trinajstić information content (AvgIpc) is 2.64. The number of nitrogens with zero attached hydrogens (tertiary/aromatic N) is 1. The summed E-state index contributed by atoms with van der Waals surface area (Å²) in [4.78, 5) is 24.3. The van der Waals surface area contributed by atoms with Gasteiger partial charge < -0.3 is 9.72 Å². The highest BCUT2D eigenvalue weighted by atomic mass is 16.6. The van der Waals surface area contributed by atoms with Crippen molar-refractivity contribution in [2.75, 3.05) is 6.61 Å². The fourth-order valence-electron chi connectivity index (χ4n) is 2.10. The molecule has 2 aromatic rings. The van der Waals surface area contributed by atoms with Crippen LogP contribution in [0.5, 0.6) is 0 Å². The Labute approximate surface area is 109 Å². The number of esters is 1. The largest absolute Gasteiger partial charge is 0.466 e. The van der Waals surface area contributed by atoms with Gasteiger partial charge in [-0.05, 0) is 18.6 Å². The Balaban J connectivity index is 2.35. The monoisotopic (exact) mass is 262 g/mol. The molecule has 0 amide bonds. The van der Waals surface area contributed by atoms with E-state index in [4.69, 9.17) is 4.74 Å². The molecule has 0 saturated heterocycles. The number of aryl methyl sites for hydroxylation is 1. The highest BCUT2D eigenvalue weighted by Gasteiger charge is 2.13. The van der Waals surface area contributed by atoms with Gasteiger partial charge >= 0.3 is 5.97 Å². The molecular weight excluding hydrogens is 248 g/mol. The molecule has 6 heteroatoms. The Bertz CT molecular complexity index is 645. The fourth-order valence-corrected chi connectivity index (χ4v) is 2.10. The van der Waals surface area contributed by atoms with Crippen molar-refractivity contribution in [3.05, 3.63) is 39.6 Å². The van der Waals surface area contributed by atoms with E-state index < -0.39 is 4.92 Å². The number of nitro groups is 1. The zero-order valence-electron chi connectivity index (χ0n) is 10.7. The third-order valence-electron chi connectivity index (χ3n) is 2.97. The minimum Gasteiger partial charge on any atom is -0.466 e. The van der Waals surface area contributed by atoms with Crippen molar-refractivity contribution in [3.8, 4) is 0 Å². The number of carbonyl (C=O) groups excluding carboxylic acids is 1. The average molecular weight is 262 g/mol. The van der Waals surface area contributed by atoms with Gasteiger partial charge in [-0.3, -0.25) is 14.9 Å². The van der Waals surface area contributed by atoms with Crippen molar-refractivity contribution in [2.45, 2.75) is 20.3 Å². The van der Waals surface area contributed by atoms with Crippen LogP contribution in [-0.2, 0) is 16.0 Å². The third kappa shape index (κ3) is 2.73. The number of carbonyl (C=O) groups is 1. The van der Waals surface area contributed by atoms with E-state index in [0.717, 1.165) is 22.2 Å². The summed E-state index contributed by atoms with van der Waals surface area (Å²) in [6, 6.07) is 4.70. The van der Waals surface area contributed by atoms with Gasteiger partial charge in [0.1, 0.15) is 0 Å². The zero-order valence-corrected chi connectivity index (χ0v) is 10.7. The van der Waals surface area contributed by atoms with Crippen molar-refractivity contribution in [1.82, 2.24) is 4.98 Å². The van der Waals surface area contributed by atoms with Gasteiger partial charge in [0.15, 0.2) is 0 Å². The highest BCUT2D eigenvalue weighted by molar-refractivity contribution is 5.86. The Morgan fingerprint density at radius 1 is 1.47 bits per heavy atom. The number of hydrogen-bond acceptors (Lipinski definition) is 4. The summed E-state index contributed by atoms with van der Waals surface area (Å²) < 4.78 is 4.91. The lowest BCUT2D eigenvalue weighted by molar-refractivity contribution is -0.384. The maximum atomic E-state index is 10.8. The molecule has 0 atom stereocenters. The van der Waals surface area contributed by atoms with E-state index in [9.17, 15) is 14.9 Å². The SMILES string of the molecule is CC(=O)OCCc1c(C)[nH]c2ccc([N+](=O)[O-])cc12. The topological polar surface area (TPSA) is 85.2 Å². The number of H-pyrrole nitrogens is 1. The summed E-state index contributed by atoms with van der Waals surface area (Å²) in [6.07, 6.45) is 0.534. The van der Waals surface area contributed by atoms with Crippen LogP contribution in [0.25, 0.3) is 10.9 Å². The van der Waals surface area contributed by atoms with Gasteiger partial charge in [0, 0.05) is 42.1 Å². The summed E-state index contributed by atoms with van der Waals surface area (Å²) in [6.45, 7) is 3.52. The van der Waals surface area contributed by atoms with E-state index >= 15 is 0 Å². The predicted molar refractivity (Wildman–Crippen MR) is 70.0 cm³/mol. The van der Waals surface area contributed by atoms with Crippen LogP contribution in [0.1, 0.15) is 18.2 Å². The third-order valence-corrected chi connectivity index (χ3v) is 2.97. The first-order chi connectivity index (χ1) is 8.99. The number of benzene rings is 1. The molecule has 0 saturated carbocycles. The number of aromatic amines is 1. The van der Waals surface area contributed by atoms with Crippen LogP contribution in [0, 0.1) is 17.0 Å². The molecule has 1 aromatic heterocycles. The molecule has 0 aliphatic heterocycles. The maximum Gasteiger partial charge on any atom is 0.302 e. The summed E-state index contributed by atoms with van der Waals surface area (Å²) in [5, 5.41) is 11.6. The van der Waals surface area contributed by atoms with Gasteiger partial charge in [-0.25, -0.2) is 0 Å². The summed E-state index contributed by atoms with van der Waals surface area (Å²) >= 11 is 0. The number of hydrogen-bond donors (Lipinski definition) is 1. The number of ether oxygens (including phenoxy) is 1. The Morgan fingerprint density at radius 2 is 2.21 bits per heavy atom. The molecule has 6 nitrogen and oxygen atoms in total. The van der Waals surface area contributed by atoms with Crippen LogP contribution >= 0.6 is 0 Å². The fraction of sp³-hybridized carbons (Fsp3) is 0.308. The molecule has 0 aliphatic rings. The first-order valence-corrected chi connectivity index (χ1v) is 5.88. The number of fused-ring (bicyclic) bond motifs is 1. The van der Waals surface area contributed by atoms with E-state index in [0.29, 0.717) is 6.42 Å². The normalized spacial score (nSPS) is 10.6. The highest BCUT2D eigenvalue weighted by Crippen LogP contribution is 2.26. The Morgan fingerprint density at radius 3 is 2.84 bits per heavy atom. The van der Waals surface area contributed by atoms with Crippen LogP contribution in [0.15, 0.2) is 18.2 Å². The maximum absolute atomic E-state index is 10.8. The second-order valence-corrected chi connectivity index (χ2v) is 4.31. The smallest absolute Gasteiger partial charge is 0.302 e. The second kappa shape index (κ2) is 5.09. The van der Waals surface area contributed by atoms with E-state index in [1.165, 1.54) is 13.0 Å². The van der Waals surface area contributed by atoms with Gasteiger partial charge in [-0.1, -0.05) is 0 Å². The molecule has 0 fully saturated rings. The lowest BCUT2D eigenvalue weighted by Gasteiger charge is -2.02. The number of nitro benzene ring substituents is 1. The molecule has 19 heavy (non-hydrogen) atoms. The lowest BCUT2D eigenvalue weighted by Crippen LogP contribution is -2.03. The number of rotatable bonds is 4. The molecule has 1 N–H and O–H groups in total. The molecule has 100 valence electrons. The summed E-state index contributed by atoms with van der Waals surface area (Å²) in [5.74, 6) is -0.330. The van der Waals surface area contributed by atoms with Gasteiger partial charge in [-0.15, -0.1) is 0 Å². The van der Waals surface area contributed by atoms with Crippen molar-refractivity contribution < 1.29 is 14.5 Å². The zero-order chi connectivity index (χ0) is 14.0. The minimum atomic E-state index is -0.419. The van der Waals surface area contributed by atoms with E-state index in [1.807, 2.05) is 6.92 Å². The van der Waals surface area contributed by atoms with Crippen LogP contribution in [0.4, 0.5) is 5.69 Å². The van der Waals surface area contributed by atoms with Crippen molar-refractivity contribution in [2.24, 2.45) is 0 Å². The Hall–Kier alpha value is -2.37. The Kier molecular flexibility index (Phi) is 3.50. The van der Waals surface area contributed by atoms with Crippen LogP contribution in [0.3, 0.4) is 0 Å². The predicted octanol–water partition coefficient (Wildman–Crippen LogP) is 2.49. The van der Waals surface area contributed by atoms with Crippen molar-refractivity contribution in [3.63, 3.8) is 0 Å². The van der Waals surface area contributed by atoms with Crippen molar-refractivity contribution in [1.29, 1.82) is 0 Å². The molecule has 1 aromatic carbocycles. The molecule has 0 aliphatic carbocycles. The molecule has 0 unspecified atom stereocenters. The van der Waals surface area contributed by atoms with Crippen molar-refractivity contribution >= 4 is 22.6 Å². The van der Waals surface area contributed by atoms with Crippen LogP contribution in [0.2, 0.25) is 0 Å². The number of nitrogens with one attached hydrogen (secondary N) is 1. The van der Waals surface area contributed by atoms with Gasteiger partial charge in [0.05, 0.1) is 11.5 Å². The number of non-ortho nitro benzene ring substituents is 1. The lowest BCUT2D eigenvalue weighted by atomic mass is 10.1. The summed E-state index contributed by atoms with van der Waals surface area (Å²) in [7, 11) is 0. The second-order valence-electron chi connectivity index (χ2n) is 4.31. The molecule has 0 radical (unpaired) electrons. The standard InChI is InChI=1S/C13H14N2O4/c1-8-11(5-6-19-9(2)16)12-7-10(15(17)18)3-4-13(12)14-8/h3-4,7,14H,5-6H2,1-2H3. The van der Waals surface area contributed by atoms with E-state index in [-0.39, 0.29) is 18.3 Å². The molecular formula is C13H14N2O4. The first kappa shape index (κ1) is 13.1. The summed E-state index contributed by atoms with van der Waals surface area (Å²) in [5.41, 5.74) is 2.78. The molecule has 0 spiro atoms. The quantitative estimate of drug-likeness (QED) is 0.521. The minimum absolute atomic E-state index is 0.0558. The molecule has 0 bridgehead atoms.